The third-order valence-corrected chi connectivity index (χ3v) is 1.29. The van der Waals surface area contributed by atoms with Crippen molar-refractivity contribution in [1.29, 1.82) is 5.26 Å². The molecule has 0 saturated carbocycles. The van der Waals surface area contributed by atoms with Crippen molar-refractivity contribution in [1.82, 2.24) is 0 Å². The van der Waals surface area contributed by atoms with Crippen LogP contribution in [0.1, 0.15) is 6.42 Å². The van der Waals surface area contributed by atoms with Gasteiger partial charge in [-0.15, -0.1) is 6.58 Å². The highest BCUT2D eigenvalue weighted by Crippen LogP contribution is 2.01. The van der Waals surface area contributed by atoms with Crippen molar-refractivity contribution < 1.29 is 9.47 Å². The maximum atomic E-state index is 8.51. The van der Waals surface area contributed by atoms with E-state index in [-0.39, 0.29) is 0 Å². The molecule has 0 bridgehead atoms. The molecular weight excluding hydrogens is 178 g/mol. The normalized spacial score (nSPS) is 10.4. The van der Waals surface area contributed by atoms with E-state index in [1.54, 1.807) is 18.4 Å². The van der Waals surface area contributed by atoms with Gasteiger partial charge in [0.15, 0.2) is 0 Å². The van der Waals surface area contributed by atoms with E-state index in [0.29, 0.717) is 26.2 Å². The molecule has 0 aliphatic carbocycles. The van der Waals surface area contributed by atoms with Gasteiger partial charge in [0, 0.05) is 5.57 Å². The van der Waals surface area contributed by atoms with Crippen LogP contribution in [-0.4, -0.2) is 19.8 Å². The number of rotatable bonds is 8. The van der Waals surface area contributed by atoms with Gasteiger partial charge < -0.3 is 9.47 Å². The summed E-state index contributed by atoms with van der Waals surface area (Å²) in [5, 5.41) is 8.51. The molecule has 0 aliphatic rings. The van der Waals surface area contributed by atoms with E-state index < -0.39 is 0 Å². The van der Waals surface area contributed by atoms with E-state index in [1.807, 2.05) is 6.07 Å². The van der Waals surface area contributed by atoms with Gasteiger partial charge in [0.05, 0.1) is 32.0 Å². The molecule has 0 heterocycles. The molecule has 0 saturated heterocycles. The second-order valence-electron chi connectivity index (χ2n) is 2.54. The van der Waals surface area contributed by atoms with E-state index in [1.165, 1.54) is 0 Å². The Kier molecular flexibility index (Phi) is 8.51. The zero-order valence-corrected chi connectivity index (χ0v) is 8.24. The molecule has 3 heteroatoms. The number of nitriles is 1. The standard InChI is InChI=1S/C11H15NO2/c1-3-7-13-9-11(5-6-12)10-14-8-4-2/h3-4,9H,1-2,5,7-8,10H2/b11-9+. The van der Waals surface area contributed by atoms with Crippen LogP contribution in [0.3, 0.4) is 0 Å². The number of ether oxygens (including phenoxy) is 2. The van der Waals surface area contributed by atoms with E-state index in [0.717, 1.165) is 5.57 Å². The van der Waals surface area contributed by atoms with E-state index in [9.17, 15) is 0 Å². The van der Waals surface area contributed by atoms with Gasteiger partial charge in [-0.1, -0.05) is 18.7 Å². The summed E-state index contributed by atoms with van der Waals surface area (Å²) >= 11 is 0. The van der Waals surface area contributed by atoms with E-state index in [4.69, 9.17) is 14.7 Å². The molecular formula is C11H15NO2. The molecule has 0 aromatic heterocycles. The summed E-state index contributed by atoms with van der Waals surface area (Å²) in [7, 11) is 0. The molecule has 0 aliphatic heterocycles. The second kappa shape index (κ2) is 9.56. The van der Waals surface area contributed by atoms with Crippen LogP contribution in [0.4, 0.5) is 0 Å². The fourth-order valence-corrected chi connectivity index (χ4v) is 0.736. The fraction of sp³-hybridized carbons (Fsp3) is 0.364. The minimum absolute atomic E-state index is 0.314. The van der Waals surface area contributed by atoms with Crippen LogP contribution in [0.25, 0.3) is 0 Å². The van der Waals surface area contributed by atoms with Gasteiger partial charge in [-0.3, -0.25) is 0 Å². The summed E-state index contributed by atoms with van der Waals surface area (Å²) < 4.78 is 10.3. The quantitative estimate of drug-likeness (QED) is 0.337. The molecule has 0 unspecified atom stereocenters. The zero-order chi connectivity index (χ0) is 10.6. The maximum absolute atomic E-state index is 8.51. The first-order valence-electron chi connectivity index (χ1n) is 4.31. The minimum atomic E-state index is 0.314. The van der Waals surface area contributed by atoms with Crippen molar-refractivity contribution in [3.8, 4) is 6.07 Å². The number of hydrogen-bond acceptors (Lipinski definition) is 3. The van der Waals surface area contributed by atoms with Crippen molar-refractivity contribution in [2.75, 3.05) is 19.8 Å². The summed E-state index contributed by atoms with van der Waals surface area (Å²) in [5.74, 6) is 0. The fourth-order valence-electron chi connectivity index (χ4n) is 0.736. The van der Waals surface area contributed by atoms with Crippen molar-refractivity contribution in [3.63, 3.8) is 0 Å². The van der Waals surface area contributed by atoms with Crippen LogP contribution in [0.5, 0.6) is 0 Å². The Balaban J connectivity index is 3.87. The summed E-state index contributed by atoms with van der Waals surface area (Å²) in [4.78, 5) is 0. The smallest absolute Gasteiger partial charge is 0.105 e. The monoisotopic (exact) mass is 193 g/mol. The first-order valence-corrected chi connectivity index (χ1v) is 4.31. The molecule has 0 amide bonds. The van der Waals surface area contributed by atoms with Gasteiger partial charge in [-0.05, 0) is 0 Å². The molecule has 0 N–H and O–H groups in total. The second-order valence-corrected chi connectivity index (χ2v) is 2.54. The average molecular weight is 193 g/mol. The zero-order valence-electron chi connectivity index (χ0n) is 8.24. The van der Waals surface area contributed by atoms with Gasteiger partial charge in [-0.2, -0.15) is 5.26 Å². The number of hydrogen-bond donors (Lipinski definition) is 0. The lowest BCUT2D eigenvalue weighted by atomic mass is 10.2. The van der Waals surface area contributed by atoms with Gasteiger partial charge in [0.1, 0.15) is 6.61 Å². The molecule has 0 fully saturated rings. The predicted octanol–water partition coefficient (Wildman–Crippen LogP) is 2.19. The molecule has 0 rings (SSSR count). The lowest BCUT2D eigenvalue weighted by molar-refractivity contribution is 0.180. The lowest BCUT2D eigenvalue weighted by Crippen LogP contribution is -1.99. The maximum Gasteiger partial charge on any atom is 0.105 e. The Bertz CT molecular complexity index is 238. The Morgan fingerprint density at radius 3 is 2.57 bits per heavy atom. The summed E-state index contributed by atoms with van der Waals surface area (Å²) in [6.45, 7) is 8.36. The highest BCUT2D eigenvalue weighted by Gasteiger charge is 1.96. The lowest BCUT2D eigenvalue weighted by Gasteiger charge is -2.03. The van der Waals surface area contributed by atoms with Crippen LogP contribution < -0.4 is 0 Å². The van der Waals surface area contributed by atoms with Crippen LogP contribution in [0, 0.1) is 11.3 Å². The molecule has 0 aromatic carbocycles. The largest absolute Gasteiger partial charge is 0.497 e. The summed E-state index contributed by atoms with van der Waals surface area (Å²) in [6.07, 6.45) is 5.17. The predicted molar refractivity (Wildman–Crippen MR) is 55.5 cm³/mol. The van der Waals surface area contributed by atoms with Crippen molar-refractivity contribution in [3.05, 3.63) is 37.1 Å². The van der Waals surface area contributed by atoms with Crippen LogP contribution in [0.15, 0.2) is 37.1 Å². The third-order valence-electron chi connectivity index (χ3n) is 1.29. The van der Waals surface area contributed by atoms with Crippen LogP contribution >= 0.6 is 0 Å². The third kappa shape index (κ3) is 7.14. The highest BCUT2D eigenvalue weighted by molar-refractivity contribution is 5.05. The van der Waals surface area contributed by atoms with Crippen molar-refractivity contribution in [2.24, 2.45) is 0 Å². The van der Waals surface area contributed by atoms with Crippen LogP contribution in [-0.2, 0) is 9.47 Å². The first kappa shape index (κ1) is 12.5. The number of nitrogens with zero attached hydrogens (tertiary/aromatic N) is 1. The molecule has 0 aromatic rings. The molecule has 0 spiro atoms. The Morgan fingerprint density at radius 1 is 1.29 bits per heavy atom. The molecule has 3 nitrogen and oxygen atoms in total. The molecule has 0 radical (unpaired) electrons. The van der Waals surface area contributed by atoms with E-state index >= 15 is 0 Å². The Hall–Kier alpha value is -1.53. The van der Waals surface area contributed by atoms with E-state index in [2.05, 4.69) is 13.2 Å². The molecule has 76 valence electrons. The van der Waals surface area contributed by atoms with Gasteiger partial charge in [0.2, 0.25) is 0 Å². The van der Waals surface area contributed by atoms with Gasteiger partial charge >= 0.3 is 0 Å². The Morgan fingerprint density at radius 2 is 2.00 bits per heavy atom. The average Bonchev–Trinajstić information content (AvgIpc) is 2.18. The molecule has 0 atom stereocenters. The van der Waals surface area contributed by atoms with Crippen molar-refractivity contribution in [2.45, 2.75) is 6.42 Å². The minimum Gasteiger partial charge on any atom is -0.497 e. The highest BCUT2D eigenvalue weighted by atomic mass is 16.5. The SMILES string of the molecule is C=CCO/C=C(\CC#N)COCC=C. The summed E-state index contributed by atoms with van der Waals surface area (Å²) in [6, 6.07) is 2.04. The first-order chi connectivity index (χ1) is 6.85. The topological polar surface area (TPSA) is 42.2 Å². The van der Waals surface area contributed by atoms with Gasteiger partial charge in [0.25, 0.3) is 0 Å². The Labute approximate surface area is 84.9 Å². The van der Waals surface area contributed by atoms with Crippen LogP contribution in [0.2, 0.25) is 0 Å². The molecule has 14 heavy (non-hydrogen) atoms. The van der Waals surface area contributed by atoms with Gasteiger partial charge in [-0.25, -0.2) is 0 Å². The summed E-state index contributed by atoms with van der Waals surface area (Å²) in [5.41, 5.74) is 0.816. The van der Waals surface area contributed by atoms with Crippen molar-refractivity contribution >= 4 is 0 Å².